The molecule has 0 unspecified atom stereocenters. The van der Waals surface area contributed by atoms with Gasteiger partial charge in [-0.1, -0.05) is 29.3 Å². The van der Waals surface area contributed by atoms with Crippen molar-refractivity contribution in [1.29, 1.82) is 0 Å². The maximum absolute atomic E-state index is 5.92. The van der Waals surface area contributed by atoms with Gasteiger partial charge in [-0.25, -0.2) is 4.99 Å². The predicted molar refractivity (Wildman–Crippen MR) is 63.4 cm³/mol. The molecule has 0 aromatic heterocycles. The molecule has 1 aliphatic rings. The highest BCUT2D eigenvalue weighted by molar-refractivity contribution is 6.42. The molecule has 0 radical (unpaired) electrons. The summed E-state index contributed by atoms with van der Waals surface area (Å²) in [6, 6.07) is 5.83. The Morgan fingerprint density at radius 2 is 2.00 bits per heavy atom. The number of nitrogens with zero attached hydrogens (tertiary/aromatic N) is 1. The van der Waals surface area contributed by atoms with Crippen molar-refractivity contribution in [3.05, 3.63) is 33.8 Å². The van der Waals surface area contributed by atoms with Gasteiger partial charge in [-0.05, 0) is 24.1 Å². The first-order chi connectivity index (χ1) is 7.08. The lowest BCUT2D eigenvalue weighted by Crippen LogP contribution is -2.23. The van der Waals surface area contributed by atoms with Crippen LogP contribution in [0.5, 0.6) is 0 Å². The van der Waals surface area contributed by atoms with Crippen LogP contribution in [0.15, 0.2) is 23.2 Å². The predicted octanol–water partition coefficient (Wildman–Crippen LogP) is 2.12. The fourth-order valence-corrected chi connectivity index (χ4v) is 1.92. The molecule has 2 atom stereocenters. The Hall–Kier alpha value is -0.930. The van der Waals surface area contributed by atoms with Crippen LogP contribution in [0.3, 0.4) is 0 Å². The molecule has 0 aliphatic heterocycles. The zero-order chi connectivity index (χ0) is 11.0. The van der Waals surface area contributed by atoms with Gasteiger partial charge in [0, 0.05) is 5.92 Å². The van der Waals surface area contributed by atoms with E-state index in [2.05, 4.69) is 4.99 Å². The summed E-state index contributed by atoms with van der Waals surface area (Å²) >= 11 is 11.7. The summed E-state index contributed by atoms with van der Waals surface area (Å²) in [7, 11) is 0. The van der Waals surface area contributed by atoms with E-state index in [4.69, 9.17) is 34.7 Å². The monoisotopic (exact) mass is 243 g/mol. The van der Waals surface area contributed by atoms with Crippen molar-refractivity contribution in [2.45, 2.75) is 18.4 Å². The van der Waals surface area contributed by atoms with E-state index >= 15 is 0 Å². The van der Waals surface area contributed by atoms with Crippen LogP contribution in [0.2, 0.25) is 10.0 Å². The van der Waals surface area contributed by atoms with Crippen LogP contribution in [0, 0.1) is 0 Å². The number of aliphatic imine (C=N–C) groups is 1. The van der Waals surface area contributed by atoms with Gasteiger partial charge in [0.05, 0.1) is 16.1 Å². The van der Waals surface area contributed by atoms with E-state index in [0.29, 0.717) is 16.0 Å². The third-order valence-electron chi connectivity index (χ3n) is 2.44. The molecular formula is C10H11Cl2N3. The van der Waals surface area contributed by atoms with Gasteiger partial charge in [-0.2, -0.15) is 0 Å². The number of nitrogens with two attached hydrogens (primary N) is 2. The average molecular weight is 244 g/mol. The lowest BCUT2D eigenvalue weighted by Gasteiger charge is -2.01. The molecular weight excluding hydrogens is 233 g/mol. The maximum Gasteiger partial charge on any atom is 0.186 e. The van der Waals surface area contributed by atoms with Crippen molar-refractivity contribution in [3.8, 4) is 0 Å². The standard InChI is InChI=1S/C10H11Cl2N3/c11-7-2-1-5(3-8(7)12)6-4-9(6)15-10(13)14/h1-3,6,9H,4H2,(H4,13,14,15)/t6-,9+/m0/s1. The van der Waals surface area contributed by atoms with Crippen molar-refractivity contribution in [3.63, 3.8) is 0 Å². The summed E-state index contributed by atoms with van der Waals surface area (Å²) in [6.45, 7) is 0. The quantitative estimate of drug-likeness (QED) is 0.618. The molecule has 1 aliphatic carbocycles. The molecule has 1 aromatic carbocycles. The van der Waals surface area contributed by atoms with Gasteiger partial charge < -0.3 is 11.5 Å². The van der Waals surface area contributed by atoms with Gasteiger partial charge in [-0.15, -0.1) is 0 Å². The van der Waals surface area contributed by atoms with Gasteiger partial charge in [-0.3, -0.25) is 0 Å². The molecule has 0 amide bonds. The molecule has 0 bridgehead atoms. The highest BCUT2D eigenvalue weighted by atomic mass is 35.5. The smallest absolute Gasteiger partial charge is 0.186 e. The molecule has 15 heavy (non-hydrogen) atoms. The molecule has 3 nitrogen and oxygen atoms in total. The first-order valence-corrected chi connectivity index (χ1v) is 5.37. The third-order valence-corrected chi connectivity index (χ3v) is 3.18. The summed E-state index contributed by atoms with van der Waals surface area (Å²) in [4.78, 5) is 4.09. The van der Waals surface area contributed by atoms with Gasteiger partial charge in [0.25, 0.3) is 0 Å². The number of rotatable bonds is 2. The number of hydrogen-bond acceptors (Lipinski definition) is 1. The Labute approximate surface area is 98.1 Å². The Bertz CT molecular complexity index is 413. The fraction of sp³-hybridized carbons (Fsp3) is 0.300. The topological polar surface area (TPSA) is 64.4 Å². The Kier molecular flexibility index (Phi) is 2.76. The van der Waals surface area contributed by atoms with Gasteiger partial charge in [0.15, 0.2) is 5.96 Å². The Morgan fingerprint density at radius 1 is 1.27 bits per heavy atom. The minimum absolute atomic E-state index is 0.141. The molecule has 2 rings (SSSR count). The van der Waals surface area contributed by atoms with Crippen LogP contribution in [0.1, 0.15) is 17.9 Å². The number of hydrogen-bond donors (Lipinski definition) is 2. The van der Waals surface area contributed by atoms with Crippen molar-refractivity contribution in [2.24, 2.45) is 16.5 Å². The Balaban J connectivity index is 2.13. The lowest BCUT2D eigenvalue weighted by molar-refractivity contribution is 0.982. The summed E-state index contributed by atoms with van der Waals surface area (Å²) in [5.41, 5.74) is 11.8. The average Bonchev–Trinajstić information content (AvgIpc) is 2.88. The molecule has 0 spiro atoms. The highest BCUT2D eigenvalue weighted by Gasteiger charge is 2.38. The molecule has 4 N–H and O–H groups in total. The van der Waals surface area contributed by atoms with Gasteiger partial charge in [0.2, 0.25) is 0 Å². The van der Waals surface area contributed by atoms with Crippen LogP contribution in [0.25, 0.3) is 0 Å². The first kappa shape index (κ1) is 10.6. The van der Waals surface area contributed by atoms with E-state index in [0.717, 1.165) is 12.0 Å². The zero-order valence-corrected chi connectivity index (χ0v) is 9.46. The summed E-state index contributed by atoms with van der Waals surface area (Å²) < 4.78 is 0. The zero-order valence-electron chi connectivity index (χ0n) is 7.95. The molecule has 1 saturated carbocycles. The Morgan fingerprint density at radius 3 is 2.60 bits per heavy atom. The van der Waals surface area contributed by atoms with E-state index in [-0.39, 0.29) is 12.0 Å². The van der Waals surface area contributed by atoms with Crippen molar-refractivity contribution in [1.82, 2.24) is 0 Å². The molecule has 80 valence electrons. The first-order valence-electron chi connectivity index (χ1n) is 4.61. The highest BCUT2D eigenvalue weighted by Crippen LogP contribution is 2.44. The van der Waals surface area contributed by atoms with Crippen LogP contribution in [-0.2, 0) is 0 Å². The minimum Gasteiger partial charge on any atom is -0.370 e. The van der Waals surface area contributed by atoms with Crippen LogP contribution < -0.4 is 11.5 Å². The van der Waals surface area contributed by atoms with E-state index in [1.807, 2.05) is 12.1 Å². The lowest BCUT2D eigenvalue weighted by atomic mass is 10.1. The number of halogens is 2. The SMILES string of the molecule is NC(N)=N[C@@H]1C[C@H]1c1ccc(Cl)c(Cl)c1. The van der Waals surface area contributed by atoms with E-state index < -0.39 is 0 Å². The van der Waals surface area contributed by atoms with Gasteiger partial charge >= 0.3 is 0 Å². The summed E-state index contributed by atoms with van der Waals surface area (Å²) in [5.74, 6) is 0.518. The van der Waals surface area contributed by atoms with Crippen LogP contribution in [0.4, 0.5) is 0 Å². The molecule has 5 heteroatoms. The van der Waals surface area contributed by atoms with E-state index in [1.54, 1.807) is 6.07 Å². The molecule has 1 aromatic rings. The second kappa shape index (κ2) is 3.91. The van der Waals surface area contributed by atoms with Crippen LogP contribution in [-0.4, -0.2) is 12.0 Å². The maximum atomic E-state index is 5.92. The van der Waals surface area contributed by atoms with Crippen molar-refractivity contribution >= 4 is 29.2 Å². The third kappa shape index (κ3) is 2.36. The molecule has 1 fully saturated rings. The summed E-state index contributed by atoms with van der Waals surface area (Å²) in [5, 5.41) is 1.14. The second-order valence-corrected chi connectivity index (χ2v) is 4.45. The van der Waals surface area contributed by atoms with E-state index in [1.165, 1.54) is 0 Å². The molecule has 0 saturated heterocycles. The molecule has 0 heterocycles. The fourth-order valence-electron chi connectivity index (χ4n) is 1.62. The summed E-state index contributed by atoms with van der Waals surface area (Å²) in [6.07, 6.45) is 0.968. The second-order valence-electron chi connectivity index (χ2n) is 3.64. The van der Waals surface area contributed by atoms with E-state index in [9.17, 15) is 0 Å². The van der Waals surface area contributed by atoms with Gasteiger partial charge in [0.1, 0.15) is 0 Å². The number of benzene rings is 1. The number of guanidine groups is 1. The largest absolute Gasteiger partial charge is 0.370 e. The van der Waals surface area contributed by atoms with Crippen molar-refractivity contribution < 1.29 is 0 Å². The van der Waals surface area contributed by atoms with Crippen molar-refractivity contribution in [2.75, 3.05) is 0 Å². The normalized spacial score (nSPS) is 23.6. The van der Waals surface area contributed by atoms with Crippen LogP contribution >= 0.6 is 23.2 Å². The minimum atomic E-state index is 0.141.